The second kappa shape index (κ2) is 12.8. The number of carbonyl (C=O) groups excluding carboxylic acids is 1. The van der Waals surface area contributed by atoms with Crippen molar-refractivity contribution in [2.45, 2.75) is 57.7 Å². The third kappa shape index (κ3) is 6.03. The lowest BCUT2D eigenvalue weighted by atomic mass is 9.93. The first-order chi connectivity index (χ1) is 20.6. The van der Waals surface area contributed by atoms with E-state index in [0.717, 1.165) is 53.4 Å². The molecule has 9 nitrogen and oxygen atoms in total. The lowest BCUT2D eigenvalue weighted by Gasteiger charge is -2.28. The number of halogens is 1. The molecule has 1 atom stereocenters. The standard InChI is InChI=1S/C32H33ClN6O3/c1-2-41-32(40)30-28(26-17-16-22(33)18-27(26)35-30)29(34-23-12-7-4-8-13-23)31-36-37-38-39(31)24-14-9-15-25(19-24)42-20-21-10-5-3-6-11-21/h3,5-6,9-11,14-19,23,29,34-35H,2,4,7-8,12-13,20H2,1H3. The van der Waals surface area contributed by atoms with E-state index in [2.05, 4.69) is 25.8 Å². The molecular formula is C32H33ClN6O3. The lowest BCUT2D eigenvalue weighted by Crippen LogP contribution is -2.37. The third-order valence-corrected chi connectivity index (χ3v) is 7.87. The number of hydrogen-bond donors (Lipinski definition) is 2. The number of nitrogens with one attached hydrogen (secondary N) is 2. The molecule has 0 spiro atoms. The van der Waals surface area contributed by atoms with Gasteiger partial charge < -0.3 is 19.8 Å². The molecule has 1 aliphatic rings. The predicted molar refractivity (Wildman–Crippen MR) is 161 cm³/mol. The summed E-state index contributed by atoms with van der Waals surface area (Å²) >= 11 is 6.34. The van der Waals surface area contributed by atoms with Crippen molar-refractivity contribution in [2.75, 3.05) is 6.61 Å². The number of aromatic nitrogens is 5. The summed E-state index contributed by atoms with van der Waals surface area (Å²) < 4.78 is 13.3. The van der Waals surface area contributed by atoms with Crippen LogP contribution in [0.1, 0.15) is 72.5 Å². The Bertz CT molecular complexity index is 1660. The number of tetrazole rings is 1. The van der Waals surface area contributed by atoms with Crippen molar-refractivity contribution in [3.05, 3.63) is 100 Å². The number of benzene rings is 3. The highest BCUT2D eigenvalue weighted by Gasteiger charge is 2.33. The quantitative estimate of drug-likeness (QED) is 0.179. The Labute approximate surface area is 249 Å². The number of nitrogens with zero attached hydrogens (tertiary/aromatic N) is 4. The van der Waals surface area contributed by atoms with Crippen LogP contribution in [0.25, 0.3) is 16.6 Å². The third-order valence-electron chi connectivity index (χ3n) is 7.64. The maximum Gasteiger partial charge on any atom is 0.355 e. The van der Waals surface area contributed by atoms with Crippen LogP contribution in [-0.4, -0.2) is 43.8 Å². The smallest absolute Gasteiger partial charge is 0.355 e. The van der Waals surface area contributed by atoms with E-state index >= 15 is 0 Å². The molecule has 1 aliphatic carbocycles. The largest absolute Gasteiger partial charge is 0.489 e. The molecule has 1 fully saturated rings. The number of esters is 1. The van der Waals surface area contributed by atoms with Gasteiger partial charge in [-0.3, -0.25) is 0 Å². The maximum atomic E-state index is 13.3. The number of hydrogen-bond acceptors (Lipinski definition) is 7. The minimum Gasteiger partial charge on any atom is -0.489 e. The molecule has 42 heavy (non-hydrogen) atoms. The van der Waals surface area contributed by atoms with Gasteiger partial charge in [0.1, 0.15) is 18.1 Å². The van der Waals surface area contributed by atoms with E-state index in [1.54, 1.807) is 11.6 Å². The second-order valence-electron chi connectivity index (χ2n) is 10.5. The zero-order valence-corrected chi connectivity index (χ0v) is 24.2. The number of ether oxygens (including phenoxy) is 2. The van der Waals surface area contributed by atoms with Gasteiger partial charge in [-0.05, 0) is 60.0 Å². The van der Waals surface area contributed by atoms with E-state index < -0.39 is 12.0 Å². The number of rotatable bonds is 10. The van der Waals surface area contributed by atoms with Crippen molar-refractivity contribution in [1.29, 1.82) is 0 Å². The Kier molecular flexibility index (Phi) is 8.48. The minimum absolute atomic E-state index is 0.238. The van der Waals surface area contributed by atoms with Gasteiger partial charge in [-0.25, -0.2) is 4.79 Å². The van der Waals surface area contributed by atoms with Gasteiger partial charge >= 0.3 is 5.97 Å². The molecule has 2 aromatic heterocycles. The number of aromatic amines is 1. The predicted octanol–water partition coefficient (Wildman–Crippen LogP) is 6.56. The maximum absolute atomic E-state index is 13.3. The van der Waals surface area contributed by atoms with Gasteiger partial charge in [0.15, 0.2) is 5.82 Å². The molecule has 0 amide bonds. The van der Waals surface area contributed by atoms with Gasteiger partial charge in [0, 0.05) is 33.6 Å². The van der Waals surface area contributed by atoms with Gasteiger partial charge in [0.05, 0.1) is 18.3 Å². The number of H-pyrrole nitrogens is 1. The SMILES string of the molecule is CCOC(=O)c1[nH]c2cc(Cl)ccc2c1C(NC1CCCCC1)c1nnnn1-c1cccc(OCc2ccccc2)c1. The fourth-order valence-corrected chi connectivity index (χ4v) is 5.82. The van der Waals surface area contributed by atoms with Crippen molar-refractivity contribution in [1.82, 2.24) is 30.5 Å². The summed E-state index contributed by atoms with van der Waals surface area (Å²) in [6.07, 6.45) is 5.57. The number of carbonyl (C=O) groups is 1. The molecule has 1 saturated carbocycles. The first kappa shape index (κ1) is 27.9. The van der Waals surface area contributed by atoms with Crippen LogP contribution in [0.4, 0.5) is 0 Å². The van der Waals surface area contributed by atoms with Gasteiger partial charge in [0.2, 0.25) is 0 Å². The Morgan fingerprint density at radius 2 is 1.90 bits per heavy atom. The van der Waals surface area contributed by atoms with E-state index in [4.69, 9.17) is 21.1 Å². The lowest BCUT2D eigenvalue weighted by molar-refractivity contribution is 0.0518. The molecule has 0 aliphatic heterocycles. The molecule has 5 aromatic rings. The highest BCUT2D eigenvalue weighted by molar-refractivity contribution is 6.31. The number of fused-ring (bicyclic) bond motifs is 1. The van der Waals surface area contributed by atoms with Crippen LogP contribution in [0.3, 0.4) is 0 Å². The van der Waals surface area contributed by atoms with Gasteiger partial charge in [-0.15, -0.1) is 5.10 Å². The van der Waals surface area contributed by atoms with E-state index in [1.165, 1.54) is 6.42 Å². The Morgan fingerprint density at radius 1 is 1.07 bits per heavy atom. The molecular weight excluding hydrogens is 552 g/mol. The van der Waals surface area contributed by atoms with E-state index in [1.807, 2.05) is 72.8 Å². The van der Waals surface area contributed by atoms with Crippen molar-refractivity contribution >= 4 is 28.5 Å². The molecule has 1 unspecified atom stereocenters. The van der Waals surface area contributed by atoms with Gasteiger partial charge in [0.25, 0.3) is 0 Å². The van der Waals surface area contributed by atoms with Crippen LogP contribution in [0, 0.1) is 0 Å². The van der Waals surface area contributed by atoms with E-state index in [0.29, 0.717) is 28.9 Å². The van der Waals surface area contributed by atoms with Crippen molar-refractivity contribution in [3.63, 3.8) is 0 Å². The van der Waals surface area contributed by atoms with Crippen molar-refractivity contribution in [2.24, 2.45) is 0 Å². The van der Waals surface area contributed by atoms with E-state index in [-0.39, 0.29) is 12.6 Å². The zero-order valence-electron chi connectivity index (χ0n) is 23.4. The molecule has 2 heterocycles. The average molecular weight is 585 g/mol. The molecule has 0 radical (unpaired) electrons. The fraction of sp³-hybridized carbons (Fsp3) is 0.312. The van der Waals surface area contributed by atoms with Crippen LogP contribution < -0.4 is 10.1 Å². The monoisotopic (exact) mass is 584 g/mol. The molecule has 0 saturated heterocycles. The summed E-state index contributed by atoms with van der Waals surface area (Å²) in [4.78, 5) is 16.6. The van der Waals surface area contributed by atoms with Crippen LogP contribution in [-0.2, 0) is 11.3 Å². The van der Waals surface area contributed by atoms with Gasteiger partial charge in [-0.1, -0.05) is 73.3 Å². The van der Waals surface area contributed by atoms with Crippen molar-refractivity contribution < 1.29 is 14.3 Å². The van der Waals surface area contributed by atoms with Gasteiger partial charge in [-0.2, -0.15) is 4.68 Å². The average Bonchev–Trinajstić information content (AvgIpc) is 3.66. The Hall–Kier alpha value is -4.21. The summed E-state index contributed by atoms with van der Waals surface area (Å²) in [5, 5.41) is 18.2. The summed E-state index contributed by atoms with van der Waals surface area (Å²) in [6.45, 7) is 2.49. The van der Waals surface area contributed by atoms with Crippen LogP contribution >= 0.6 is 11.6 Å². The van der Waals surface area contributed by atoms with Crippen LogP contribution in [0.5, 0.6) is 5.75 Å². The first-order valence-corrected chi connectivity index (χ1v) is 14.8. The summed E-state index contributed by atoms with van der Waals surface area (Å²) in [5.41, 5.74) is 3.66. The highest BCUT2D eigenvalue weighted by atomic mass is 35.5. The topological polar surface area (TPSA) is 107 Å². The summed E-state index contributed by atoms with van der Waals surface area (Å²) in [7, 11) is 0. The molecule has 2 N–H and O–H groups in total. The molecule has 3 aromatic carbocycles. The minimum atomic E-state index is -0.508. The van der Waals surface area contributed by atoms with E-state index in [9.17, 15) is 4.79 Å². The highest BCUT2D eigenvalue weighted by Crippen LogP contribution is 2.35. The molecule has 0 bridgehead atoms. The summed E-state index contributed by atoms with van der Waals surface area (Å²) in [6, 6.07) is 23.0. The normalized spacial score (nSPS) is 14.6. The molecule has 10 heteroatoms. The van der Waals surface area contributed by atoms with Crippen LogP contribution in [0.2, 0.25) is 5.02 Å². The molecule has 6 rings (SSSR count). The zero-order chi connectivity index (χ0) is 28.9. The second-order valence-corrected chi connectivity index (χ2v) is 10.9. The fourth-order valence-electron chi connectivity index (χ4n) is 5.65. The Morgan fingerprint density at radius 3 is 2.71 bits per heavy atom. The van der Waals surface area contributed by atoms with Crippen molar-refractivity contribution in [3.8, 4) is 11.4 Å². The Balaban J connectivity index is 1.42. The first-order valence-electron chi connectivity index (χ1n) is 14.4. The molecule has 216 valence electrons. The van der Waals surface area contributed by atoms with Crippen LogP contribution in [0.15, 0.2) is 72.8 Å². The summed E-state index contributed by atoms with van der Waals surface area (Å²) in [5.74, 6) is 0.816.